The molecule has 124 valence electrons. The molecule has 1 saturated heterocycles. The Morgan fingerprint density at radius 2 is 2.13 bits per heavy atom. The van der Waals surface area contributed by atoms with Gasteiger partial charge in [0.25, 0.3) is 0 Å². The van der Waals surface area contributed by atoms with Crippen LogP contribution in [0.2, 0.25) is 0 Å². The van der Waals surface area contributed by atoms with Crippen molar-refractivity contribution in [1.29, 1.82) is 0 Å². The van der Waals surface area contributed by atoms with Gasteiger partial charge in [-0.25, -0.2) is 4.79 Å². The number of benzene rings is 1. The Labute approximate surface area is 135 Å². The van der Waals surface area contributed by atoms with E-state index in [0.717, 1.165) is 16.6 Å². The van der Waals surface area contributed by atoms with Gasteiger partial charge in [0.2, 0.25) is 0 Å². The topological polar surface area (TPSA) is 78.5 Å². The number of aromatic amines is 1. The number of aliphatic hydroxyl groups is 1. The minimum atomic E-state index is -0.650. The summed E-state index contributed by atoms with van der Waals surface area (Å²) < 4.78 is 5.38. The number of carbonyl (C=O) groups excluding carboxylic acids is 1. The van der Waals surface area contributed by atoms with Crippen LogP contribution in [0.1, 0.15) is 38.8 Å². The van der Waals surface area contributed by atoms with Crippen LogP contribution in [0.15, 0.2) is 24.3 Å². The highest BCUT2D eigenvalue weighted by atomic mass is 16.6. The number of likely N-dealkylation sites (tertiary alicyclic amines) is 1. The number of rotatable bonds is 1. The van der Waals surface area contributed by atoms with E-state index in [-0.39, 0.29) is 18.6 Å². The third-order valence-corrected chi connectivity index (χ3v) is 4.08. The van der Waals surface area contributed by atoms with Crippen molar-refractivity contribution in [1.82, 2.24) is 15.1 Å². The molecule has 0 radical (unpaired) electrons. The Bertz CT molecular complexity index is 704. The number of fused-ring (bicyclic) bond motifs is 1. The van der Waals surface area contributed by atoms with Crippen LogP contribution >= 0.6 is 0 Å². The number of hydrogen-bond acceptors (Lipinski definition) is 4. The molecule has 2 aromatic rings. The van der Waals surface area contributed by atoms with Crippen molar-refractivity contribution in [2.24, 2.45) is 0 Å². The molecule has 0 spiro atoms. The van der Waals surface area contributed by atoms with Gasteiger partial charge in [-0.2, -0.15) is 5.10 Å². The van der Waals surface area contributed by atoms with Gasteiger partial charge < -0.3 is 14.7 Å². The van der Waals surface area contributed by atoms with E-state index in [1.807, 2.05) is 45.0 Å². The molecule has 2 unspecified atom stereocenters. The summed E-state index contributed by atoms with van der Waals surface area (Å²) in [7, 11) is 0. The SMILES string of the molecule is CC(C)(C)OC(=O)N1CCC(c2n[nH]c3ccccc23)C(O)C1. The van der Waals surface area contributed by atoms with Gasteiger partial charge in [0.1, 0.15) is 5.60 Å². The van der Waals surface area contributed by atoms with E-state index in [0.29, 0.717) is 13.0 Å². The van der Waals surface area contributed by atoms with Crippen molar-refractivity contribution in [3.05, 3.63) is 30.0 Å². The number of aliphatic hydroxyl groups excluding tert-OH is 1. The van der Waals surface area contributed by atoms with E-state index >= 15 is 0 Å². The van der Waals surface area contributed by atoms with Gasteiger partial charge in [-0.1, -0.05) is 18.2 Å². The summed E-state index contributed by atoms with van der Waals surface area (Å²) in [5.74, 6) is -0.0789. The highest BCUT2D eigenvalue weighted by Gasteiger charge is 2.35. The zero-order valence-corrected chi connectivity index (χ0v) is 13.7. The number of aromatic nitrogens is 2. The lowest BCUT2D eigenvalue weighted by molar-refractivity contribution is -0.00177. The van der Waals surface area contributed by atoms with Crippen molar-refractivity contribution in [2.45, 2.75) is 44.8 Å². The fourth-order valence-corrected chi connectivity index (χ4v) is 3.01. The second-order valence-corrected chi connectivity index (χ2v) is 7.04. The molecule has 2 heterocycles. The van der Waals surface area contributed by atoms with Crippen molar-refractivity contribution >= 4 is 17.0 Å². The van der Waals surface area contributed by atoms with Gasteiger partial charge >= 0.3 is 6.09 Å². The average Bonchev–Trinajstić information content (AvgIpc) is 2.89. The van der Waals surface area contributed by atoms with Crippen LogP contribution in [0.25, 0.3) is 10.9 Å². The first kappa shape index (κ1) is 15.8. The Hall–Kier alpha value is -2.08. The quantitative estimate of drug-likeness (QED) is 0.847. The van der Waals surface area contributed by atoms with Crippen molar-refractivity contribution in [2.75, 3.05) is 13.1 Å². The number of nitrogens with one attached hydrogen (secondary N) is 1. The number of carbonyl (C=O) groups is 1. The molecule has 6 heteroatoms. The smallest absolute Gasteiger partial charge is 0.410 e. The van der Waals surface area contributed by atoms with Crippen LogP contribution in [-0.4, -0.2) is 51.1 Å². The number of piperidine rings is 1. The molecule has 1 amide bonds. The van der Waals surface area contributed by atoms with E-state index < -0.39 is 11.7 Å². The van der Waals surface area contributed by atoms with Crippen LogP contribution in [-0.2, 0) is 4.74 Å². The van der Waals surface area contributed by atoms with Crippen LogP contribution in [0.4, 0.5) is 4.79 Å². The molecule has 23 heavy (non-hydrogen) atoms. The number of nitrogens with zero attached hydrogens (tertiary/aromatic N) is 2. The fraction of sp³-hybridized carbons (Fsp3) is 0.529. The van der Waals surface area contributed by atoms with Gasteiger partial charge in [-0.15, -0.1) is 0 Å². The van der Waals surface area contributed by atoms with E-state index in [1.165, 1.54) is 0 Å². The Balaban J connectivity index is 1.73. The molecule has 0 aliphatic carbocycles. The summed E-state index contributed by atoms with van der Waals surface area (Å²) in [5.41, 5.74) is 1.30. The summed E-state index contributed by atoms with van der Waals surface area (Å²) in [6.45, 7) is 6.33. The lowest BCUT2D eigenvalue weighted by Crippen LogP contribution is -2.47. The van der Waals surface area contributed by atoms with Crippen LogP contribution in [0.3, 0.4) is 0 Å². The lowest BCUT2D eigenvalue weighted by Gasteiger charge is -2.36. The zero-order valence-electron chi connectivity index (χ0n) is 13.7. The lowest BCUT2D eigenvalue weighted by atomic mass is 9.89. The number of hydrogen-bond donors (Lipinski definition) is 2. The summed E-state index contributed by atoms with van der Waals surface area (Å²) in [6.07, 6.45) is -0.361. The molecule has 2 N–H and O–H groups in total. The first-order valence-corrected chi connectivity index (χ1v) is 7.94. The largest absolute Gasteiger partial charge is 0.444 e. The molecule has 1 aliphatic rings. The number of β-amino-alcohol motifs (C(OH)–C–C–N with tert-alkyl or cyclic N) is 1. The molecule has 3 rings (SSSR count). The zero-order chi connectivity index (χ0) is 16.6. The van der Waals surface area contributed by atoms with Crippen LogP contribution in [0.5, 0.6) is 0 Å². The summed E-state index contributed by atoms with van der Waals surface area (Å²) in [5, 5.41) is 18.9. The number of amides is 1. The molecule has 1 aromatic heterocycles. The first-order valence-electron chi connectivity index (χ1n) is 7.94. The van der Waals surface area contributed by atoms with Gasteiger partial charge in [0, 0.05) is 17.8 Å². The molecule has 0 saturated carbocycles. The standard InChI is InChI=1S/C17H23N3O3/c1-17(2,3)23-16(22)20-9-8-12(14(21)10-20)15-11-6-4-5-7-13(11)18-19-15/h4-7,12,14,21H,8-10H2,1-3H3,(H,18,19). The fourth-order valence-electron chi connectivity index (χ4n) is 3.01. The monoisotopic (exact) mass is 317 g/mol. The van der Waals surface area contributed by atoms with E-state index in [1.54, 1.807) is 4.90 Å². The Kier molecular flexibility index (Phi) is 4.02. The van der Waals surface area contributed by atoms with Crippen molar-refractivity contribution in [3.63, 3.8) is 0 Å². The van der Waals surface area contributed by atoms with Gasteiger partial charge in [0.15, 0.2) is 0 Å². The maximum atomic E-state index is 12.1. The Morgan fingerprint density at radius 1 is 1.39 bits per heavy atom. The predicted molar refractivity (Wildman–Crippen MR) is 87.3 cm³/mol. The molecule has 6 nitrogen and oxygen atoms in total. The van der Waals surface area contributed by atoms with Crippen molar-refractivity contribution < 1.29 is 14.6 Å². The van der Waals surface area contributed by atoms with Crippen LogP contribution < -0.4 is 0 Å². The highest BCUT2D eigenvalue weighted by molar-refractivity contribution is 5.81. The predicted octanol–water partition coefficient (Wildman–Crippen LogP) is 2.65. The number of H-pyrrole nitrogens is 1. The number of para-hydroxylation sites is 1. The maximum absolute atomic E-state index is 12.1. The maximum Gasteiger partial charge on any atom is 0.410 e. The normalized spacial score (nSPS) is 22.3. The second kappa shape index (κ2) is 5.85. The molecule has 2 atom stereocenters. The minimum Gasteiger partial charge on any atom is -0.444 e. The minimum absolute atomic E-state index is 0.0789. The summed E-state index contributed by atoms with van der Waals surface area (Å²) >= 11 is 0. The molecular formula is C17H23N3O3. The summed E-state index contributed by atoms with van der Waals surface area (Å²) in [4.78, 5) is 13.7. The first-order chi connectivity index (χ1) is 10.8. The molecule has 1 fully saturated rings. The number of ether oxygens (including phenoxy) is 1. The Morgan fingerprint density at radius 3 is 2.83 bits per heavy atom. The third kappa shape index (κ3) is 3.32. The second-order valence-electron chi connectivity index (χ2n) is 7.04. The molecule has 1 aliphatic heterocycles. The van der Waals surface area contributed by atoms with Crippen molar-refractivity contribution in [3.8, 4) is 0 Å². The van der Waals surface area contributed by atoms with E-state index in [9.17, 15) is 9.90 Å². The van der Waals surface area contributed by atoms with Gasteiger partial charge in [-0.05, 0) is 33.3 Å². The molecular weight excluding hydrogens is 294 g/mol. The van der Waals surface area contributed by atoms with E-state index in [4.69, 9.17) is 4.74 Å². The summed E-state index contributed by atoms with van der Waals surface area (Å²) in [6, 6.07) is 7.88. The van der Waals surface area contributed by atoms with E-state index in [2.05, 4.69) is 10.2 Å². The van der Waals surface area contributed by atoms with Gasteiger partial charge in [-0.3, -0.25) is 5.10 Å². The third-order valence-electron chi connectivity index (χ3n) is 4.08. The molecule has 0 bridgehead atoms. The highest BCUT2D eigenvalue weighted by Crippen LogP contribution is 2.32. The molecule has 1 aromatic carbocycles. The van der Waals surface area contributed by atoms with Crippen LogP contribution in [0, 0.1) is 0 Å². The average molecular weight is 317 g/mol. The van der Waals surface area contributed by atoms with Gasteiger partial charge in [0.05, 0.1) is 23.9 Å².